The monoisotopic (exact) mass is 533 g/mol. The Morgan fingerprint density at radius 3 is 2.83 bits per heavy atom. The molecule has 2 N–H and O–H groups in total. The zero-order valence-electron chi connectivity index (χ0n) is 17.9. The lowest BCUT2D eigenvalue weighted by atomic mass is 9.98. The van der Waals surface area contributed by atoms with Gasteiger partial charge in [0.05, 0.1) is 0 Å². The van der Waals surface area contributed by atoms with E-state index in [0.717, 1.165) is 45.1 Å². The Morgan fingerprint density at radius 2 is 2.14 bits per heavy atom. The summed E-state index contributed by atoms with van der Waals surface area (Å²) in [6, 6.07) is 4.65. The van der Waals surface area contributed by atoms with Gasteiger partial charge in [-0.05, 0) is 43.2 Å². The Kier molecular flexibility index (Phi) is 10.2. The minimum absolute atomic E-state index is 0. The number of piperidine rings is 1. The van der Waals surface area contributed by atoms with Gasteiger partial charge in [0.15, 0.2) is 5.96 Å². The molecule has 0 bridgehead atoms. The summed E-state index contributed by atoms with van der Waals surface area (Å²) in [5.74, 6) is 1.83. The Morgan fingerprint density at radius 1 is 1.31 bits per heavy atom. The Labute approximate surface area is 196 Å². The summed E-state index contributed by atoms with van der Waals surface area (Å²) in [6.45, 7) is 9.91. The predicted molar refractivity (Wildman–Crippen MR) is 132 cm³/mol. The van der Waals surface area contributed by atoms with Crippen LogP contribution < -0.4 is 10.6 Å². The highest BCUT2D eigenvalue weighted by Gasteiger charge is 2.28. The summed E-state index contributed by atoms with van der Waals surface area (Å²) in [7, 11) is 1.82. The zero-order chi connectivity index (χ0) is 19.9. The molecule has 1 amide bonds. The maximum absolute atomic E-state index is 12.2. The highest BCUT2D eigenvalue weighted by Crippen LogP contribution is 2.20. The van der Waals surface area contributed by atoms with Crippen molar-refractivity contribution < 1.29 is 4.79 Å². The van der Waals surface area contributed by atoms with Crippen molar-refractivity contribution in [1.82, 2.24) is 20.4 Å². The van der Waals surface area contributed by atoms with Gasteiger partial charge >= 0.3 is 0 Å². The van der Waals surface area contributed by atoms with Gasteiger partial charge in [-0.1, -0.05) is 19.9 Å². The van der Waals surface area contributed by atoms with Crippen molar-refractivity contribution in [3.05, 3.63) is 22.4 Å². The third-order valence-electron chi connectivity index (χ3n) is 5.68. The van der Waals surface area contributed by atoms with E-state index < -0.39 is 0 Å². The van der Waals surface area contributed by atoms with Crippen LogP contribution in [0.2, 0.25) is 0 Å². The Bertz CT molecular complexity index is 652. The first kappa shape index (κ1) is 24.4. The second-order valence-electron chi connectivity index (χ2n) is 8.34. The molecular formula is C21H36IN5OS. The molecule has 2 fully saturated rings. The van der Waals surface area contributed by atoms with E-state index in [2.05, 4.69) is 38.0 Å². The van der Waals surface area contributed by atoms with Crippen LogP contribution in [-0.2, 0) is 11.3 Å². The van der Waals surface area contributed by atoms with Gasteiger partial charge in [0.1, 0.15) is 0 Å². The van der Waals surface area contributed by atoms with E-state index in [4.69, 9.17) is 0 Å². The van der Waals surface area contributed by atoms with Crippen LogP contribution in [0, 0.1) is 11.8 Å². The summed E-state index contributed by atoms with van der Waals surface area (Å²) >= 11 is 1.85. The molecule has 0 aromatic carbocycles. The third kappa shape index (κ3) is 7.40. The molecule has 6 nitrogen and oxygen atoms in total. The normalized spacial score (nSPS) is 23.2. The molecule has 3 heterocycles. The van der Waals surface area contributed by atoms with Gasteiger partial charge in [-0.2, -0.15) is 0 Å². The van der Waals surface area contributed by atoms with Crippen LogP contribution in [0.5, 0.6) is 0 Å². The van der Waals surface area contributed by atoms with Crippen LogP contribution in [0.4, 0.5) is 0 Å². The van der Waals surface area contributed by atoms with Crippen molar-refractivity contribution in [2.24, 2.45) is 16.8 Å². The molecule has 1 aromatic rings. The standard InChI is InChI=1S/C21H35N5OS.HI/c1-16(2)20(27)26-10-8-18(14-26)24-21(22-3)23-12-17-6-4-9-25(13-17)15-19-7-5-11-28-19;/h5,7,11,16-18H,4,6,8-10,12-15H2,1-3H3,(H2,22,23,24);1H. The van der Waals surface area contributed by atoms with E-state index >= 15 is 0 Å². The molecule has 164 valence electrons. The first-order valence-corrected chi connectivity index (χ1v) is 11.4. The molecule has 0 radical (unpaired) electrons. The number of nitrogens with one attached hydrogen (secondary N) is 2. The lowest BCUT2D eigenvalue weighted by Gasteiger charge is -2.33. The summed E-state index contributed by atoms with van der Waals surface area (Å²) in [6.07, 6.45) is 3.51. The number of hydrogen-bond donors (Lipinski definition) is 2. The molecule has 2 aliphatic rings. The second kappa shape index (κ2) is 12.1. The van der Waals surface area contributed by atoms with Crippen molar-refractivity contribution in [1.29, 1.82) is 0 Å². The van der Waals surface area contributed by atoms with Gasteiger partial charge < -0.3 is 15.5 Å². The average molecular weight is 534 g/mol. The molecule has 0 spiro atoms. The SMILES string of the molecule is CN=C(NCC1CCCN(Cc2cccs2)C1)NC1CCN(C(=O)C(C)C)C1.I. The van der Waals surface area contributed by atoms with Crippen LogP contribution in [0.15, 0.2) is 22.5 Å². The molecule has 8 heteroatoms. The minimum Gasteiger partial charge on any atom is -0.356 e. The number of thiophene rings is 1. The number of carbonyl (C=O) groups is 1. The molecule has 29 heavy (non-hydrogen) atoms. The molecular weight excluding hydrogens is 497 g/mol. The van der Waals surface area contributed by atoms with E-state index in [9.17, 15) is 4.79 Å². The van der Waals surface area contributed by atoms with E-state index in [0.29, 0.717) is 5.92 Å². The van der Waals surface area contributed by atoms with Crippen LogP contribution in [0.1, 0.15) is 38.0 Å². The topological polar surface area (TPSA) is 60.0 Å². The number of guanidine groups is 1. The summed E-state index contributed by atoms with van der Waals surface area (Å²) in [5.41, 5.74) is 0. The predicted octanol–water partition coefficient (Wildman–Crippen LogP) is 3.00. The number of carbonyl (C=O) groups excluding carboxylic acids is 1. The van der Waals surface area contributed by atoms with E-state index in [1.54, 1.807) is 0 Å². The number of nitrogens with zero attached hydrogens (tertiary/aromatic N) is 3. The smallest absolute Gasteiger partial charge is 0.225 e. The van der Waals surface area contributed by atoms with Gasteiger partial charge in [-0.15, -0.1) is 35.3 Å². The fourth-order valence-electron chi connectivity index (χ4n) is 4.16. The molecule has 0 aliphatic carbocycles. The first-order valence-electron chi connectivity index (χ1n) is 10.6. The Balaban J connectivity index is 0.00000300. The van der Waals surface area contributed by atoms with E-state index in [1.165, 1.54) is 24.3 Å². The molecule has 2 atom stereocenters. The number of likely N-dealkylation sites (tertiary alicyclic amines) is 2. The summed E-state index contributed by atoms with van der Waals surface area (Å²) in [5, 5.41) is 9.19. The third-order valence-corrected chi connectivity index (χ3v) is 6.54. The molecule has 2 saturated heterocycles. The fourth-order valence-corrected chi connectivity index (χ4v) is 4.90. The first-order chi connectivity index (χ1) is 13.5. The van der Waals surface area contributed by atoms with Gasteiger partial charge in [0.25, 0.3) is 0 Å². The van der Waals surface area contributed by atoms with Gasteiger partial charge in [0.2, 0.25) is 5.91 Å². The lowest BCUT2D eigenvalue weighted by molar-refractivity contribution is -0.133. The van der Waals surface area contributed by atoms with Crippen molar-refractivity contribution in [3.63, 3.8) is 0 Å². The van der Waals surface area contributed by atoms with E-state index in [1.807, 2.05) is 37.1 Å². The van der Waals surface area contributed by atoms with Crippen LogP contribution in [0.3, 0.4) is 0 Å². The van der Waals surface area contributed by atoms with Crippen LogP contribution >= 0.6 is 35.3 Å². The molecule has 2 unspecified atom stereocenters. The van der Waals surface area contributed by atoms with Crippen LogP contribution in [0.25, 0.3) is 0 Å². The number of aliphatic imine (C=N–C) groups is 1. The quantitative estimate of drug-likeness (QED) is 0.336. The maximum Gasteiger partial charge on any atom is 0.225 e. The van der Waals surface area contributed by atoms with Gasteiger partial charge in [-0.3, -0.25) is 14.7 Å². The highest BCUT2D eigenvalue weighted by molar-refractivity contribution is 14.0. The van der Waals surface area contributed by atoms with Crippen molar-refractivity contribution >= 4 is 47.2 Å². The summed E-state index contributed by atoms with van der Waals surface area (Å²) in [4.78, 5) is 22.6. The minimum atomic E-state index is 0. The van der Waals surface area contributed by atoms with Crippen molar-refractivity contribution in [3.8, 4) is 0 Å². The average Bonchev–Trinajstić information content (AvgIpc) is 3.36. The molecule has 1 aromatic heterocycles. The number of halogens is 1. The Hall–Kier alpha value is -0.870. The highest BCUT2D eigenvalue weighted by atomic mass is 127. The maximum atomic E-state index is 12.2. The van der Waals surface area contributed by atoms with Crippen LogP contribution in [-0.4, -0.2) is 67.5 Å². The van der Waals surface area contributed by atoms with Gasteiger partial charge in [-0.25, -0.2) is 0 Å². The lowest BCUT2D eigenvalue weighted by Crippen LogP contribution is -2.48. The molecule has 3 rings (SSSR count). The number of rotatable bonds is 6. The molecule has 2 aliphatic heterocycles. The van der Waals surface area contributed by atoms with Crippen molar-refractivity contribution in [2.75, 3.05) is 39.8 Å². The van der Waals surface area contributed by atoms with Crippen molar-refractivity contribution in [2.45, 2.75) is 45.7 Å². The number of hydrogen-bond acceptors (Lipinski definition) is 4. The fraction of sp³-hybridized carbons (Fsp3) is 0.714. The zero-order valence-corrected chi connectivity index (χ0v) is 21.0. The van der Waals surface area contributed by atoms with E-state index in [-0.39, 0.29) is 41.8 Å². The molecule has 0 saturated carbocycles. The largest absolute Gasteiger partial charge is 0.356 e. The van der Waals surface area contributed by atoms with Gasteiger partial charge in [0, 0.05) is 56.6 Å². The summed E-state index contributed by atoms with van der Waals surface area (Å²) < 4.78 is 0. The second-order valence-corrected chi connectivity index (χ2v) is 9.38. The number of amides is 1.